The van der Waals surface area contributed by atoms with Crippen molar-refractivity contribution in [3.63, 3.8) is 0 Å². The van der Waals surface area contributed by atoms with Gasteiger partial charge >= 0.3 is 0 Å². The number of fused-ring (bicyclic) bond motifs is 12. The van der Waals surface area contributed by atoms with Crippen molar-refractivity contribution < 1.29 is 0 Å². The van der Waals surface area contributed by atoms with Crippen LogP contribution in [0.15, 0.2) is 182 Å². The third kappa shape index (κ3) is 4.49. The fourth-order valence-corrected chi connectivity index (χ4v) is 8.89. The highest BCUT2D eigenvalue weighted by atomic mass is 15.0. The van der Waals surface area contributed by atoms with Crippen LogP contribution in [0.25, 0.3) is 115 Å². The summed E-state index contributed by atoms with van der Waals surface area (Å²) < 4.78 is 2.21. The maximum atomic E-state index is 5.23. The van der Waals surface area contributed by atoms with Crippen molar-refractivity contribution in [2.45, 2.75) is 0 Å². The SMILES string of the molecule is c1ccc2cc(-c3c4ccccc4c(-c4ccc5ccccc5c4)c4cc(-c5ccc6c(c5)nc5c7ncccc7c7ncccc7n65)ccc34)ccc2c1. The van der Waals surface area contributed by atoms with Crippen molar-refractivity contribution in [1.29, 1.82) is 0 Å². The fourth-order valence-electron chi connectivity index (χ4n) is 8.89. The lowest BCUT2D eigenvalue weighted by atomic mass is 9.84. The van der Waals surface area contributed by atoms with Crippen molar-refractivity contribution in [1.82, 2.24) is 19.4 Å². The molecule has 0 saturated carbocycles. The number of nitrogens with zero attached hydrogens (tertiary/aromatic N) is 4. The van der Waals surface area contributed by atoms with Crippen LogP contribution in [0.5, 0.6) is 0 Å². The average Bonchev–Trinajstić information content (AvgIpc) is 3.64. The molecule has 0 N–H and O–H groups in total. The van der Waals surface area contributed by atoms with E-state index in [1.807, 2.05) is 24.5 Å². The molecule has 0 unspecified atom stereocenters. The molecule has 254 valence electrons. The summed E-state index contributed by atoms with van der Waals surface area (Å²) in [5.41, 5.74) is 12.8. The molecule has 55 heavy (non-hydrogen) atoms. The molecule has 0 fully saturated rings. The Balaban J connectivity index is 1.14. The molecule has 4 aromatic heterocycles. The van der Waals surface area contributed by atoms with Gasteiger partial charge in [-0.3, -0.25) is 14.4 Å². The molecule has 0 radical (unpaired) electrons. The zero-order valence-corrected chi connectivity index (χ0v) is 29.6. The maximum absolute atomic E-state index is 5.23. The molecule has 0 aliphatic heterocycles. The minimum Gasteiger partial charge on any atom is -0.289 e. The van der Waals surface area contributed by atoms with E-state index in [1.165, 1.54) is 65.3 Å². The number of imidazole rings is 1. The Morgan fingerprint density at radius 2 is 0.891 bits per heavy atom. The van der Waals surface area contributed by atoms with Crippen LogP contribution in [0.2, 0.25) is 0 Å². The highest BCUT2D eigenvalue weighted by Gasteiger charge is 2.20. The molecule has 0 amide bonds. The van der Waals surface area contributed by atoms with Crippen LogP contribution in [0.1, 0.15) is 0 Å². The lowest BCUT2D eigenvalue weighted by molar-refractivity contribution is 1.27. The molecule has 4 heterocycles. The van der Waals surface area contributed by atoms with Gasteiger partial charge in [0.15, 0.2) is 5.65 Å². The second-order valence-electron chi connectivity index (χ2n) is 14.4. The van der Waals surface area contributed by atoms with E-state index in [0.717, 1.165) is 49.7 Å². The molecule has 4 nitrogen and oxygen atoms in total. The molecular formula is C51H30N4. The number of hydrogen-bond acceptors (Lipinski definition) is 3. The molecule has 8 aromatic carbocycles. The second kappa shape index (κ2) is 11.5. The lowest BCUT2D eigenvalue weighted by Crippen LogP contribution is -1.94. The van der Waals surface area contributed by atoms with Gasteiger partial charge in [-0.05, 0) is 131 Å². The molecule has 4 heteroatoms. The van der Waals surface area contributed by atoms with E-state index in [-0.39, 0.29) is 0 Å². The van der Waals surface area contributed by atoms with E-state index >= 15 is 0 Å². The monoisotopic (exact) mass is 698 g/mol. The van der Waals surface area contributed by atoms with E-state index in [2.05, 4.69) is 162 Å². The third-order valence-electron chi connectivity index (χ3n) is 11.4. The summed E-state index contributed by atoms with van der Waals surface area (Å²) in [7, 11) is 0. The molecule has 0 spiro atoms. The predicted molar refractivity (Wildman–Crippen MR) is 230 cm³/mol. The van der Waals surface area contributed by atoms with Gasteiger partial charge in [-0.2, -0.15) is 0 Å². The number of benzene rings is 8. The molecular weight excluding hydrogens is 669 g/mol. The summed E-state index contributed by atoms with van der Waals surface area (Å²) in [4.78, 5) is 14.8. The maximum Gasteiger partial charge on any atom is 0.165 e. The Labute approximate surface area is 315 Å². The normalized spacial score (nSPS) is 12.0. The minimum absolute atomic E-state index is 0.840. The van der Waals surface area contributed by atoms with Gasteiger partial charge in [-0.15, -0.1) is 0 Å². The zero-order valence-electron chi connectivity index (χ0n) is 29.6. The van der Waals surface area contributed by atoms with E-state index in [9.17, 15) is 0 Å². The Bertz CT molecular complexity index is 3560. The molecule has 12 rings (SSSR count). The third-order valence-corrected chi connectivity index (χ3v) is 11.4. The van der Waals surface area contributed by atoms with Gasteiger partial charge in [-0.25, -0.2) is 4.98 Å². The van der Waals surface area contributed by atoms with Crippen molar-refractivity contribution in [2.24, 2.45) is 0 Å². The van der Waals surface area contributed by atoms with Crippen LogP contribution in [0.3, 0.4) is 0 Å². The van der Waals surface area contributed by atoms with Crippen molar-refractivity contribution in [2.75, 3.05) is 0 Å². The van der Waals surface area contributed by atoms with Crippen LogP contribution in [0.4, 0.5) is 0 Å². The summed E-state index contributed by atoms with van der Waals surface area (Å²) in [6.45, 7) is 0. The summed E-state index contributed by atoms with van der Waals surface area (Å²) in [6, 6.07) is 61.7. The number of aromatic nitrogens is 4. The quantitative estimate of drug-likeness (QED) is 0.136. The summed E-state index contributed by atoms with van der Waals surface area (Å²) in [6.07, 6.45) is 3.68. The topological polar surface area (TPSA) is 43.1 Å². The summed E-state index contributed by atoms with van der Waals surface area (Å²) >= 11 is 0. The van der Waals surface area contributed by atoms with Gasteiger partial charge in [0.2, 0.25) is 0 Å². The van der Waals surface area contributed by atoms with Crippen LogP contribution in [0, 0.1) is 0 Å². The van der Waals surface area contributed by atoms with E-state index < -0.39 is 0 Å². The van der Waals surface area contributed by atoms with Gasteiger partial charge in [0.05, 0.1) is 22.1 Å². The summed E-state index contributed by atoms with van der Waals surface area (Å²) in [5.74, 6) is 0. The van der Waals surface area contributed by atoms with E-state index in [0.29, 0.717) is 0 Å². The van der Waals surface area contributed by atoms with Gasteiger partial charge in [0.25, 0.3) is 0 Å². The Kier molecular flexibility index (Phi) is 6.31. The van der Waals surface area contributed by atoms with E-state index in [4.69, 9.17) is 15.0 Å². The standard InChI is InChI=1S/C51H30N4/c1-3-11-33-27-37(19-17-31(33)9-1)47-39-13-5-6-14-40(39)48(38-20-18-32-10-2-4-12-34(32)28-38)43-29-35(21-23-41(43)47)36-22-24-45-44(30-36)54-51-50-42(15-7-25-53-50)49-46(55(45)51)16-8-26-52-49/h1-30H. The van der Waals surface area contributed by atoms with Crippen LogP contribution in [-0.4, -0.2) is 19.4 Å². The van der Waals surface area contributed by atoms with Crippen molar-refractivity contribution in [3.05, 3.63) is 182 Å². The largest absolute Gasteiger partial charge is 0.289 e. The molecule has 0 atom stereocenters. The van der Waals surface area contributed by atoms with Gasteiger partial charge in [-0.1, -0.05) is 115 Å². The molecule has 0 aliphatic rings. The molecule has 0 aliphatic carbocycles. The predicted octanol–water partition coefficient (Wildman–Crippen LogP) is 13.2. The first-order valence-corrected chi connectivity index (χ1v) is 18.7. The summed E-state index contributed by atoms with van der Waals surface area (Å²) in [5, 5.41) is 10.9. The van der Waals surface area contributed by atoms with Gasteiger partial charge in [0, 0.05) is 17.8 Å². The molecule has 0 saturated heterocycles. The smallest absolute Gasteiger partial charge is 0.165 e. The first kappa shape index (κ1) is 30.1. The number of rotatable bonds is 3. The van der Waals surface area contributed by atoms with Gasteiger partial charge < -0.3 is 0 Å². The Morgan fingerprint density at radius 1 is 0.345 bits per heavy atom. The van der Waals surface area contributed by atoms with Crippen molar-refractivity contribution >= 4 is 81.7 Å². The highest BCUT2D eigenvalue weighted by Crippen LogP contribution is 2.46. The van der Waals surface area contributed by atoms with Crippen LogP contribution in [-0.2, 0) is 0 Å². The number of hydrogen-bond donors (Lipinski definition) is 0. The van der Waals surface area contributed by atoms with E-state index in [1.54, 1.807) is 0 Å². The average molecular weight is 699 g/mol. The molecule has 12 aromatic rings. The van der Waals surface area contributed by atoms with Crippen LogP contribution >= 0.6 is 0 Å². The second-order valence-corrected chi connectivity index (χ2v) is 14.4. The zero-order chi connectivity index (χ0) is 36.0. The Morgan fingerprint density at radius 3 is 1.62 bits per heavy atom. The fraction of sp³-hybridized carbons (Fsp3) is 0. The highest BCUT2D eigenvalue weighted by molar-refractivity contribution is 6.22. The number of pyridine rings is 3. The Hall–Kier alpha value is -7.43. The van der Waals surface area contributed by atoms with Crippen molar-refractivity contribution in [3.8, 4) is 33.4 Å². The minimum atomic E-state index is 0.840. The molecule has 0 bridgehead atoms. The first-order chi connectivity index (χ1) is 27.3. The lowest BCUT2D eigenvalue weighted by Gasteiger charge is -2.19. The first-order valence-electron chi connectivity index (χ1n) is 18.7. The van der Waals surface area contributed by atoms with Gasteiger partial charge in [0.1, 0.15) is 5.52 Å². The van der Waals surface area contributed by atoms with Crippen LogP contribution < -0.4 is 0 Å².